The summed E-state index contributed by atoms with van der Waals surface area (Å²) in [5.41, 5.74) is 0.701. The Kier molecular flexibility index (Phi) is 10.9. The van der Waals surface area contributed by atoms with Crippen molar-refractivity contribution in [3.8, 4) is 23.1 Å². The first-order valence-corrected chi connectivity index (χ1v) is 15.4. The summed E-state index contributed by atoms with van der Waals surface area (Å²) in [5, 5.41) is 12.1. The van der Waals surface area contributed by atoms with E-state index in [0.717, 1.165) is 0 Å². The molecular weight excluding hydrogens is 581 g/mol. The summed E-state index contributed by atoms with van der Waals surface area (Å²) < 4.78 is 32.1. The highest BCUT2D eigenvalue weighted by molar-refractivity contribution is 5.87. The molecule has 11 nitrogen and oxygen atoms in total. The van der Waals surface area contributed by atoms with Crippen LogP contribution in [0.5, 0.6) is 5.88 Å². The molecular formula is C33H42FN5O6. The Morgan fingerprint density at radius 3 is 2.40 bits per heavy atom. The van der Waals surface area contributed by atoms with E-state index in [9.17, 15) is 19.6 Å². The van der Waals surface area contributed by atoms with Crippen LogP contribution in [0.25, 0.3) is 11.1 Å². The van der Waals surface area contributed by atoms with Crippen LogP contribution in [0.1, 0.15) is 65.9 Å². The molecule has 2 aliphatic rings. The number of nitrogens with one attached hydrogen (secondary N) is 1. The highest BCUT2D eigenvalue weighted by Gasteiger charge is 2.35. The molecule has 4 rings (SSSR count). The van der Waals surface area contributed by atoms with Crippen LogP contribution in [0.2, 0.25) is 0 Å². The van der Waals surface area contributed by atoms with Crippen LogP contribution in [0, 0.1) is 17.1 Å². The minimum absolute atomic E-state index is 0.0860. The molecule has 3 heterocycles. The number of hydrogen-bond acceptors (Lipinski definition) is 8. The molecule has 0 bridgehead atoms. The maximum absolute atomic E-state index is 15.4. The van der Waals surface area contributed by atoms with Crippen LogP contribution in [-0.2, 0) is 20.7 Å². The van der Waals surface area contributed by atoms with Crippen molar-refractivity contribution in [3.05, 3.63) is 47.9 Å². The minimum Gasteiger partial charge on any atom is -0.474 e. The summed E-state index contributed by atoms with van der Waals surface area (Å²) >= 11 is 0. The number of nitriles is 1. The number of ether oxygens (including phenoxy) is 3. The monoisotopic (exact) mass is 623 g/mol. The van der Waals surface area contributed by atoms with Gasteiger partial charge in [-0.25, -0.2) is 19.0 Å². The number of benzene rings is 1. The van der Waals surface area contributed by atoms with E-state index in [2.05, 4.69) is 16.4 Å². The maximum atomic E-state index is 15.4. The third kappa shape index (κ3) is 9.30. The molecule has 12 heteroatoms. The van der Waals surface area contributed by atoms with Crippen LogP contribution in [0.3, 0.4) is 0 Å². The summed E-state index contributed by atoms with van der Waals surface area (Å²) in [6.45, 7) is 10.2. The van der Waals surface area contributed by atoms with Crippen molar-refractivity contribution < 1.29 is 33.0 Å². The van der Waals surface area contributed by atoms with Crippen molar-refractivity contribution in [1.29, 1.82) is 5.26 Å². The number of halogens is 1. The second-order valence-corrected chi connectivity index (χ2v) is 12.6. The lowest BCUT2D eigenvalue weighted by atomic mass is 10.00. The highest BCUT2D eigenvalue weighted by Crippen LogP contribution is 2.26. The lowest BCUT2D eigenvalue weighted by molar-refractivity contribution is -0.133. The molecule has 2 aromatic rings. The highest BCUT2D eigenvalue weighted by atomic mass is 19.1. The van der Waals surface area contributed by atoms with E-state index < -0.39 is 35.5 Å². The Balaban J connectivity index is 1.40. The fourth-order valence-corrected chi connectivity index (χ4v) is 5.35. The number of piperidine rings is 1. The molecule has 0 radical (unpaired) electrons. The molecule has 242 valence electrons. The molecule has 1 N–H and O–H groups in total. The molecule has 2 fully saturated rings. The van der Waals surface area contributed by atoms with Gasteiger partial charge in [-0.15, -0.1) is 0 Å². The predicted molar refractivity (Wildman–Crippen MR) is 164 cm³/mol. The Bertz CT molecular complexity index is 1400. The summed E-state index contributed by atoms with van der Waals surface area (Å²) in [4.78, 5) is 45.6. The van der Waals surface area contributed by atoms with Gasteiger partial charge >= 0.3 is 12.2 Å². The zero-order chi connectivity index (χ0) is 32.7. The molecule has 3 amide bonds. The number of rotatable bonds is 8. The Labute approximate surface area is 263 Å². The van der Waals surface area contributed by atoms with Crippen LogP contribution < -0.4 is 10.1 Å². The third-order valence-electron chi connectivity index (χ3n) is 7.54. The van der Waals surface area contributed by atoms with E-state index in [4.69, 9.17) is 14.2 Å². The second-order valence-electron chi connectivity index (χ2n) is 12.6. The van der Waals surface area contributed by atoms with Crippen molar-refractivity contribution in [2.24, 2.45) is 0 Å². The van der Waals surface area contributed by atoms with Gasteiger partial charge in [0.1, 0.15) is 29.6 Å². The number of hydrogen-bond donors (Lipinski definition) is 1. The van der Waals surface area contributed by atoms with Crippen molar-refractivity contribution in [2.45, 2.75) is 96.6 Å². The summed E-state index contributed by atoms with van der Waals surface area (Å²) in [6.07, 6.45) is 2.67. The van der Waals surface area contributed by atoms with Gasteiger partial charge in [0.2, 0.25) is 11.8 Å². The van der Waals surface area contributed by atoms with Gasteiger partial charge in [-0.2, -0.15) is 5.26 Å². The quantitative estimate of drug-likeness (QED) is 0.423. The molecule has 1 aromatic heterocycles. The lowest BCUT2D eigenvalue weighted by Crippen LogP contribution is -2.51. The second kappa shape index (κ2) is 14.6. The van der Waals surface area contributed by atoms with Crippen molar-refractivity contribution in [1.82, 2.24) is 20.1 Å². The number of carbonyl (C=O) groups excluding carboxylic acids is 3. The average Bonchev–Trinajstić information content (AvgIpc) is 3.46. The van der Waals surface area contributed by atoms with Gasteiger partial charge in [-0.05, 0) is 70.7 Å². The SMILES string of the molecule is CC(C)OC(=O)N1CCC(Oc2ccc(-c3ccc(C[C@H](NC(=O)OC(C)(C)C)C(=O)N4CCC[C@H]4C#N)c(F)c3)cn2)CC1. The van der Waals surface area contributed by atoms with E-state index >= 15 is 4.39 Å². The fraction of sp³-hybridized carbons (Fsp3) is 0.545. The summed E-state index contributed by atoms with van der Waals surface area (Å²) in [6, 6.07) is 8.62. The molecule has 1 aromatic carbocycles. The minimum atomic E-state index is -1.11. The smallest absolute Gasteiger partial charge is 0.410 e. The molecule has 2 saturated heterocycles. The van der Waals surface area contributed by atoms with Gasteiger partial charge < -0.3 is 29.3 Å². The van der Waals surface area contributed by atoms with Gasteiger partial charge in [0.15, 0.2) is 0 Å². The van der Waals surface area contributed by atoms with Crippen LogP contribution in [0.4, 0.5) is 14.0 Å². The normalized spacial score (nSPS) is 17.9. The molecule has 0 aliphatic carbocycles. The summed E-state index contributed by atoms with van der Waals surface area (Å²) in [5.74, 6) is -0.557. The summed E-state index contributed by atoms with van der Waals surface area (Å²) in [7, 11) is 0. The maximum Gasteiger partial charge on any atom is 0.410 e. The fourth-order valence-electron chi connectivity index (χ4n) is 5.35. The van der Waals surface area contributed by atoms with E-state index in [0.29, 0.717) is 62.3 Å². The van der Waals surface area contributed by atoms with E-state index in [1.54, 1.807) is 56.1 Å². The van der Waals surface area contributed by atoms with Gasteiger partial charge in [-0.3, -0.25) is 4.79 Å². The Hall–Kier alpha value is -4.40. The molecule has 45 heavy (non-hydrogen) atoms. The number of carbonyl (C=O) groups is 3. The zero-order valence-corrected chi connectivity index (χ0v) is 26.5. The Morgan fingerprint density at radius 1 is 1.09 bits per heavy atom. The van der Waals surface area contributed by atoms with E-state index in [-0.39, 0.29) is 30.3 Å². The van der Waals surface area contributed by atoms with Gasteiger partial charge in [0.25, 0.3) is 0 Å². The predicted octanol–water partition coefficient (Wildman–Crippen LogP) is 5.23. The average molecular weight is 624 g/mol. The first kappa shape index (κ1) is 33.5. The van der Waals surface area contributed by atoms with Gasteiger partial charge in [-0.1, -0.05) is 12.1 Å². The zero-order valence-electron chi connectivity index (χ0n) is 26.5. The van der Waals surface area contributed by atoms with Crippen molar-refractivity contribution >= 4 is 18.1 Å². The van der Waals surface area contributed by atoms with Crippen LogP contribution >= 0.6 is 0 Å². The number of nitrogens with zero attached hydrogens (tertiary/aromatic N) is 4. The molecule has 0 spiro atoms. The first-order valence-electron chi connectivity index (χ1n) is 15.4. The molecule has 2 aliphatic heterocycles. The lowest BCUT2D eigenvalue weighted by Gasteiger charge is -2.31. The molecule has 0 unspecified atom stereocenters. The first-order chi connectivity index (χ1) is 21.3. The standard InChI is InChI=1S/C33H42FN5O6/c1-21(2)43-32(42)38-15-12-26(13-16-38)44-29-11-10-24(20-36-29)22-8-9-23(27(34)17-22)18-28(37-31(41)45-33(3,4)5)30(40)39-14-6-7-25(39)19-35/h8-11,17,20-21,25-26,28H,6-7,12-16,18H2,1-5H3,(H,37,41)/t25-,28-/m0/s1. The van der Waals surface area contributed by atoms with Crippen LogP contribution in [-0.4, -0.2) is 82.4 Å². The largest absolute Gasteiger partial charge is 0.474 e. The number of likely N-dealkylation sites (tertiary alicyclic amines) is 2. The van der Waals surface area contributed by atoms with E-state index in [1.807, 2.05) is 13.8 Å². The number of alkyl carbamates (subject to hydrolysis) is 1. The van der Waals surface area contributed by atoms with Gasteiger partial charge in [0.05, 0.1) is 12.2 Å². The molecule has 2 atom stereocenters. The number of amides is 3. The molecule has 0 saturated carbocycles. The Morgan fingerprint density at radius 2 is 1.80 bits per heavy atom. The van der Waals surface area contributed by atoms with Gasteiger partial charge in [0, 0.05) is 56.7 Å². The third-order valence-corrected chi connectivity index (χ3v) is 7.54. The van der Waals surface area contributed by atoms with Crippen molar-refractivity contribution in [2.75, 3.05) is 19.6 Å². The number of pyridine rings is 1. The van der Waals surface area contributed by atoms with Crippen LogP contribution in [0.15, 0.2) is 36.5 Å². The topological polar surface area (TPSA) is 134 Å². The van der Waals surface area contributed by atoms with Crippen molar-refractivity contribution in [3.63, 3.8) is 0 Å². The van der Waals surface area contributed by atoms with E-state index in [1.165, 1.54) is 11.0 Å². The number of aromatic nitrogens is 1.